The van der Waals surface area contributed by atoms with Gasteiger partial charge in [0, 0.05) is 18.7 Å². The van der Waals surface area contributed by atoms with Crippen LogP contribution in [0.4, 0.5) is 0 Å². The van der Waals surface area contributed by atoms with Crippen molar-refractivity contribution in [3.8, 4) is 11.5 Å². The zero-order valence-electron chi connectivity index (χ0n) is 19.9. The molecule has 1 aliphatic rings. The van der Waals surface area contributed by atoms with Crippen LogP contribution < -0.4 is 9.47 Å². The van der Waals surface area contributed by atoms with Gasteiger partial charge in [-0.2, -0.15) is 4.31 Å². The second kappa shape index (κ2) is 10.2. The van der Waals surface area contributed by atoms with E-state index >= 15 is 0 Å². The van der Waals surface area contributed by atoms with Crippen molar-refractivity contribution in [3.05, 3.63) is 83.2 Å². The molecule has 2 unspecified atom stereocenters. The third-order valence-corrected chi connectivity index (χ3v) is 8.09. The van der Waals surface area contributed by atoms with E-state index in [1.54, 1.807) is 54.1 Å². The SMILES string of the molecule is COc1cncc(C(CC(=O)O)c2ccc(C)c(CN3CC(C)Oc4ccccc4S3(O)O)c2)c1. The number of carbonyl (C=O) groups is 1. The monoisotopic (exact) mass is 498 g/mol. The molecule has 0 fully saturated rings. The number of pyridine rings is 1. The number of aliphatic carboxylic acids is 1. The van der Waals surface area contributed by atoms with Gasteiger partial charge in [-0.25, -0.2) is 0 Å². The smallest absolute Gasteiger partial charge is 0.304 e. The summed E-state index contributed by atoms with van der Waals surface area (Å²) in [5.74, 6) is -0.345. The van der Waals surface area contributed by atoms with E-state index in [2.05, 4.69) is 4.98 Å². The van der Waals surface area contributed by atoms with Crippen molar-refractivity contribution >= 4 is 16.7 Å². The largest absolute Gasteiger partial charge is 0.495 e. The Labute approximate surface area is 206 Å². The first kappa shape index (κ1) is 25.0. The van der Waals surface area contributed by atoms with Crippen LogP contribution in [0.3, 0.4) is 0 Å². The van der Waals surface area contributed by atoms with Gasteiger partial charge in [0.15, 0.2) is 0 Å². The second-order valence-corrected chi connectivity index (χ2v) is 10.7. The molecule has 0 saturated carbocycles. The first-order valence-corrected chi connectivity index (χ1v) is 12.8. The average Bonchev–Trinajstić information content (AvgIpc) is 2.92. The van der Waals surface area contributed by atoms with Crippen molar-refractivity contribution in [2.75, 3.05) is 13.7 Å². The number of methoxy groups -OCH3 is 1. The van der Waals surface area contributed by atoms with E-state index in [1.165, 1.54) is 0 Å². The summed E-state index contributed by atoms with van der Waals surface area (Å²) in [6.45, 7) is 4.43. The normalized spacial score (nSPS) is 19.1. The van der Waals surface area contributed by atoms with Crippen molar-refractivity contribution in [2.45, 2.75) is 43.7 Å². The Morgan fingerprint density at radius 1 is 1.20 bits per heavy atom. The Hall–Kier alpha value is -3.11. The summed E-state index contributed by atoms with van der Waals surface area (Å²) in [6, 6.07) is 14.6. The number of hydrogen-bond donors (Lipinski definition) is 3. The minimum absolute atomic E-state index is 0.117. The van der Waals surface area contributed by atoms with Crippen LogP contribution >= 0.6 is 10.8 Å². The molecule has 35 heavy (non-hydrogen) atoms. The molecule has 1 aliphatic heterocycles. The molecule has 186 valence electrons. The van der Waals surface area contributed by atoms with Crippen molar-refractivity contribution < 1.29 is 28.5 Å². The third-order valence-electron chi connectivity index (χ3n) is 6.17. The highest BCUT2D eigenvalue weighted by Gasteiger charge is 2.34. The van der Waals surface area contributed by atoms with E-state index in [4.69, 9.17) is 9.47 Å². The highest BCUT2D eigenvalue weighted by atomic mass is 32.3. The maximum atomic E-state index is 11.7. The predicted molar refractivity (Wildman–Crippen MR) is 134 cm³/mol. The number of rotatable bonds is 7. The minimum Gasteiger partial charge on any atom is -0.495 e. The molecule has 0 amide bonds. The lowest BCUT2D eigenvalue weighted by molar-refractivity contribution is -0.137. The number of nitrogens with zero attached hydrogens (tertiary/aromatic N) is 2. The van der Waals surface area contributed by atoms with Gasteiger partial charge in [0.1, 0.15) is 22.5 Å². The number of aryl methyl sites for hydroxylation is 1. The van der Waals surface area contributed by atoms with Crippen LogP contribution in [0.2, 0.25) is 0 Å². The molecule has 2 heterocycles. The summed E-state index contributed by atoms with van der Waals surface area (Å²) in [7, 11) is -1.75. The van der Waals surface area contributed by atoms with E-state index in [9.17, 15) is 19.0 Å². The molecule has 0 aliphatic carbocycles. The molecule has 0 spiro atoms. The Morgan fingerprint density at radius 2 is 1.97 bits per heavy atom. The maximum absolute atomic E-state index is 11.7. The fraction of sp³-hybridized carbons (Fsp3) is 0.308. The van der Waals surface area contributed by atoms with Crippen LogP contribution in [-0.2, 0) is 11.3 Å². The molecule has 1 aromatic heterocycles. The Bertz CT molecular complexity index is 1220. The van der Waals surface area contributed by atoms with Crippen molar-refractivity contribution in [1.82, 2.24) is 9.29 Å². The molecular formula is C26H30N2O6S. The number of ether oxygens (including phenoxy) is 2. The van der Waals surface area contributed by atoms with Gasteiger partial charge in [0.25, 0.3) is 0 Å². The molecule has 0 saturated heterocycles. The van der Waals surface area contributed by atoms with Crippen molar-refractivity contribution in [2.24, 2.45) is 0 Å². The topological polar surface area (TPSA) is 112 Å². The lowest BCUT2D eigenvalue weighted by Crippen LogP contribution is -2.33. The number of benzene rings is 2. The van der Waals surface area contributed by atoms with Crippen LogP contribution in [0.15, 0.2) is 65.8 Å². The number of para-hydroxylation sites is 1. The summed E-state index contributed by atoms with van der Waals surface area (Å²) < 4.78 is 35.4. The van der Waals surface area contributed by atoms with Crippen LogP contribution in [0.25, 0.3) is 0 Å². The summed E-state index contributed by atoms with van der Waals surface area (Å²) in [5.41, 5.74) is 3.38. The fourth-order valence-corrected chi connectivity index (χ4v) is 5.98. The first-order valence-electron chi connectivity index (χ1n) is 11.3. The second-order valence-electron chi connectivity index (χ2n) is 8.71. The molecule has 8 nitrogen and oxygen atoms in total. The Morgan fingerprint density at radius 3 is 2.71 bits per heavy atom. The molecule has 2 atom stereocenters. The first-order chi connectivity index (χ1) is 16.7. The van der Waals surface area contributed by atoms with Gasteiger partial charge in [-0.1, -0.05) is 30.3 Å². The van der Waals surface area contributed by atoms with E-state index in [0.717, 1.165) is 22.3 Å². The lowest BCUT2D eigenvalue weighted by atomic mass is 9.87. The maximum Gasteiger partial charge on any atom is 0.304 e. The number of hydrogen-bond acceptors (Lipinski definition) is 7. The lowest BCUT2D eigenvalue weighted by Gasteiger charge is -2.42. The van der Waals surface area contributed by atoms with Gasteiger partial charge in [-0.3, -0.25) is 18.9 Å². The molecule has 0 radical (unpaired) electrons. The number of carboxylic acid groups (broad SMARTS) is 1. The molecule has 3 aromatic rings. The van der Waals surface area contributed by atoms with Crippen molar-refractivity contribution in [1.29, 1.82) is 0 Å². The van der Waals surface area contributed by atoms with Crippen LogP contribution in [0.1, 0.15) is 41.5 Å². The standard InChI is InChI=1S/C26H30N2O6S/c1-17-8-9-19(23(12-26(29)30)20-11-22(33-3)14-27-13-20)10-21(17)16-28-15-18(2)34-24-6-4-5-7-25(24)35(28,31)32/h4-11,13-14,18,23,31-32H,12,15-16H2,1-3H3,(H,29,30). The van der Waals surface area contributed by atoms with E-state index in [1.807, 2.05) is 32.0 Å². The quantitative estimate of drug-likeness (QED) is 0.402. The van der Waals surface area contributed by atoms with Crippen LogP contribution in [0.5, 0.6) is 11.5 Å². The van der Waals surface area contributed by atoms with Gasteiger partial charge >= 0.3 is 5.97 Å². The average molecular weight is 499 g/mol. The Kier molecular flexibility index (Phi) is 7.32. The number of aromatic nitrogens is 1. The van der Waals surface area contributed by atoms with Gasteiger partial charge < -0.3 is 14.6 Å². The van der Waals surface area contributed by atoms with Crippen LogP contribution in [-0.4, -0.2) is 49.2 Å². The fourth-order valence-electron chi connectivity index (χ4n) is 4.32. The molecule has 2 aromatic carbocycles. The van der Waals surface area contributed by atoms with Gasteiger partial charge in [0.05, 0.1) is 26.3 Å². The molecule has 9 heteroatoms. The molecule has 0 bridgehead atoms. The van der Waals surface area contributed by atoms with Crippen molar-refractivity contribution in [3.63, 3.8) is 0 Å². The third kappa shape index (κ3) is 5.43. The zero-order valence-corrected chi connectivity index (χ0v) is 20.7. The summed E-state index contributed by atoms with van der Waals surface area (Å²) in [4.78, 5) is 16.3. The Balaban J connectivity index is 1.71. The molecular weight excluding hydrogens is 468 g/mol. The zero-order chi connectivity index (χ0) is 25.2. The number of fused-ring (bicyclic) bond motifs is 1. The molecule has 3 N–H and O–H groups in total. The highest BCUT2D eigenvalue weighted by molar-refractivity contribution is 8.22. The van der Waals surface area contributed by atoms with Gasteiger partial charge in [-0.15, -0.1) is 10.8 Å². The number of carboxylic acids is 1. The van der Waals surface area contributed by atoms with E-state index < -0.39 is 22.7 Å². The summed E-state index contributed by atoms with van der Waals surface area (Å²) in [6.07, 6.45) is 2.86. The van der Waals surface area contributed by atoms with E-state index in [-0.39, 0.29) is 19.1 Å². The summed E-state index contributed by atoms with van der Waals surface area (Å²) >= 11 is 0. The van der Waals surface area contributed by atoms with Crippen LogP contribution in [0, 0.1) is 6.92 Å². The molecule has 4 rings (SSSR count). The predicted octanol–water partition coefficient (Wildman–Crippen LogP) is 5.31. The summed E-state index contributed by atoms with van der Waals surface area (Å²) in [5, 5.41) is 9.60. The minimum atomic E-state index is -3.29. The van der Waals surface area contributed by atoms with Gasteiger partial charge in [0.2, 0.25) is 0 Å². The van der Waals surface area contributed by atoms with Gasteiger partial charge in [-0.05, 0) is 54.3 Å². The van der Waals surface area contributed by atoms with E-state index in [0.29, 0.717) is 22.9 Å². The highest BCUT2D eigenvalue weighted by Crippen LogP contribution is 2.57.